The summed E-state index contributed by atoms with van der Waals surface area (Å²) in [6.07, 6.45) is 7.70. The monoisotopic (exact) mass is 741 g/mol. The molecule has 4 heterocycles. The molecule has 4 amide bonds. The molecule has 3 aliphatic rings. The standard InChI is InChI=1S/C34H47N9O8S/c1-33(2,49)26-18-37-41-43(26)22-16-25(31(47)39-34(28(44)29(35)45)11-13-52(50,51)14-12-34)42(19-22)32(48)24(15-20-7-4-3-5-8-20)38-30(46)23-10-6-9-21-17-36-40-27(21)23/h6,9-10,17-18,20,22,24-25,49-51H,3-5,7-8,11-16,19H2,1-2H3,(H2,35,45)(H,36,40)(H,38,46)(H,39,47)/t22-,24?,25-/m0/s1. The normalized spacial score (nSPS) is 23.1. The molecule has 52 heavy (non-hydrogen) atoms. The fourth-order valence-corrected chi connectivity index (χ4v) is 9.43. The third-order valence-corrected chi connectivity index (χ3v) is 12.5. The van der Waals surface area contributed by atoms with Crippen molar-refractivity contribution >= 4 is 50.9 Å². The van der Waals surface area contributed by atoms with E-state index >= 15 is 0 Å². The lowest BCUT2D eigenvalue weighted by molar-refractivity contribution is -0.145. The van der Waals surface area contributed by atoms with Crippen molar-refractivity contribution in [1.29, 1.82) is 0 Å². The van der Waals surface area contributed by atoms with Gasteiger partial charge in [0.2, 0.25) is 17.6 Å². The number of amides is 4. The van der Waals surface area contributed by atoms with Crippen molar-refractivity contribution in [2.75, 3.05) is 18.1 Å². The van der Waals surface area contributed by atoms with Gasteiger partial charge in [-0.15, -0.1) is 5.10 Å². The number of H-pyrrole nitrogens is 1. The lowest BCUT2D eigenvalue weighted by Gasteiger charge is -2.45. The Labute approximate surface area is 301 Å². The van der Waals surface area contributed by atoms with Crippen molar-refractivity contribution in [1.82, 2.24) is 40.7 Å². The summed E-state index contributed by atoms with van der Waals surface area (Å²) >= 11 is 0. The first-order valence-corrected chi connectivity index (χ1v) is 19.5. The number of rotatable bonds is 11. The third-order valence-electron chi connectivity index (χ3n) is 10.8. The number of nitrogens with one attached hydrogen (secondary N) is 3. The van der Waals surface area contributed by atoms with Gasteiger partial charge in [0.15, 0.2) is 0 Å². The van der Waals surface area contributed by atoms with Crippen molar-refractivity contribution in [3.05, 3.63) is 41.9 Å². The second kappa shape index (κ2) is 14.6. The predicted octanol–water partition coefficient (Wildman–Crippen LogP) is 1.75. The number of Topliss-reactive ketones (excluding diaryl/α,β-unsaturated/α-hetero) is 1. The van der Waals surface area contributed by atoms with E-state index in [-0.39, 0.29) is 43.2 Å². The van der Waals surface area contributed by atoms with Gasteiger partial charge in [0, 0.05) is 29.9 Å². The van der Waals surface area contributed by atoms with E-state index in [0.717, 1.165) is 37.5 Å². The van der Waals surface area contributed by atoms with E-state index in [1.165, 1.54) is 15.8 Å². The summed E-state index contributed by atoms with van der Waals surface area (Å²) in [6.45, 7) is 3.08. The fraction of sp³-hybridized carbons (Fsp3) is 0.588. The maximum Gasteiger partial charge on any atom is 0.287 e. The fourth-order valence-electron chi connectivity index (χ4n) is 7.87. The number of likely N-dealkylation sites (tertiary alicyclic amines) is 1. The van der Waals surface area contributed by atoms with Crippen LogP contribution in [0, 0.1) is 5.92 Å². The Hall–Kier alpha value is -4.39. The second-order valence-electron chi connectivity index (χ2n) is 14.9. The van der Waals surface area contributed by atoms with Crippen molar-refractivity contribution in [2.24, 2.45) is 11.7 Å². The number of primary amides is 1. The molecule has 6 rings (SSSR count). The van der Waals surface area contributed by atoms with Gasteiger partial charge in [-0.05, 0) is 45.1 Å². The van der Waals surface area contributed by atoms with Gasteiger partial charge >= 0.3 is 0 Å². The van der Waals surface area contributed by atoms with Crippen LogP contribution >= 0.6 is 10.6 Å². The number of fused-ring (bicyclic) bond motifs is 1. The minimum Gasteiger partial charge on any atom is -0.384 e. The number of ketones is 1. The van der Waals surface area contributed by atoms with Gasteiger partial charge in [0.1, 0.15) is 23.2 Å². The molecule has 0 spiro atoms. The van der Waals surface area contributed by atoms with Crippen LogP contribution < -0.4 is 16.4 Å². The van der Waals surface area contributed by atoms with E-state index in [2.05, 4.69) is 31.1 Å². The third kappa shape index (κ3) is 7.69. The van der Waals surface area contributed by atoms with Crippen LogP contribution in [-0.2, 0) is 24.8 Å². The Morgan fingerprint density at radius 1 is 1.10 bits per heavy atom. The molecule has 1 aromatic carbocycles. The highest BCUT2D eigenvalue weighted by Crippen LogP contribution is 2.47. The molecule has 3 aromatic rings. The lowest BCUT2D eigenvalue weighted by Crippen LogP contribution is -2.64. The molecule has 2 aliphatic heterocycles. The van der Waals surface area contributed by atoms with Gasteiger partial charge in [0.05, 0.1) is 35.2 Å². The van der Waals surface area contributed by atoms with Gasteiger partial charge in [-0.3, -0.25) is 38.2 Å². The average Bonchev–Trinajstić information content (AvgIpc) is 3.88. The molecule has 0 bridgehead atoms. The molecule has 3 atom stereocenters. The number of carbonyl (C=O) groups excluding carboxylic acids is 5. The topological polar surface area (TPSA) is 259 Å². The van der Waals surface area contributed by atoms with Crippen LogP contribution in [0.25, 0.3) is 10.9 Å². The van der Waals surface area contributed by atoms with Crippen LogP contribution in [0.3, 0.4) is 0 Å². The number of aromatic amines is 1. The summed E-state index contributed by atoms with van der Waals surface area (Å²) in [7, 11) is -3.03. The lowest BCUT2D eigenvalue weighted by atomic mass is 9.84. The van der Waals surface area contributed by atoms with Crippen LogP contribution in [0.15, 0.2) is 30.6 Å². The van der Waals surface area contributed by atoms with Crippen molar-refractivity contribution in [3.8, 4) is 0 Å². The Bertz CT molecular complexity index is 1840. The van der Waals surface area contributed by atoms with Crippen LogP contribution in [0.2, 0.25) is 0 Å². The number of hydrogen-bond acceptors (Lipinski definition) is 11. The molecule has 3 fully saturated rings. The van der Waals surface area contributed by atoms with E-state index in [1.807, 2.05) is 6.07 Å². The number of hydrogen-bond donors (Lipinski definition) is 7. The summed E-state index contributed by atoms with van der Waals surface area (Å²) in [5.41, 5.74) is 3.40. The van der Waals surface area contributed by atoms with E-state index in [1.54, 1.807) is 32.2 Å². The number of para-hydroxylation sites is 1. The zero-order chi connectivity index (χ0) is 37.4. The van der Waals surface area contributed by atoms with Crippen molar-refractivity contribution < 1.29 is 38.2 Å². The molecule has 282 valence electrons. The highest BCUT2D eigenvalue weighted by atomic mass is 32.3. The van der Waals surface area contributed by atoms with E-state index in [0.29, 0.717) is 23.2 Å². The molecule has 8 N–H and O–H groups in total. The van der Waals surface area contributed by atoms with Crippen molar-refractivity contribution in [3.63, 3.8) is 0 Å². The summed E-state index contributed by atoms with van der Waals surface area (Å²) in [5.74, 6) is -4.42. The number of nitrogens with zero attached hydrogens (tertiary/aromatic N) is 5. The van der Waals surface area contributed by atoms with Gasteiger partial charge in [-0.1, -0.05) is 49.5 Å². The first-order chi connectivity index (χ1) is 24.6. The van der Waals surface area contributed by atoms with E-state index < -0.39 is 69.3 Å². The Balaban J connectivity index is 1.34. The molecule has 1 aliphatic carbocycles. The summed E-state index contributed by atoms with van der Waals surface area (Å²) in [6, 6.07) is 2.29. The first-order valence-electron chi connectivity index (χ1n) is 17.6. The number of aliphatic hydroxyl groups is 1. The van der Waals surface area contributed by atoms with E-state index in [4.69, 9.17) is 5.73 Å². The first kappa shape index (κ1) is 37.4. The molecular weight excluding hydrogens is 694 g/mol. The van der Waals surface area contributed by atoms with Crippen LogP contribution in [0.1, 0.15) is 93.7 Å². The largest absolute Gasteiger partial charge is 0.384 e. The Morgan fingerprint density at radius 2 is 1.81 bits per heavy atom. The minimum atomic E-state index is -3.03. The average molecular weight is 742 g/mol. The molecular formula is C34H47N9O8S. The molecule has 18 heteroatoms. The maximum atomic E-state index is 14.8. The van der Waals surface area contributed by atoms with Gasteiger partial charge in [-0.2, -0.15) is 15.7 Å². The number of benzene rings is 1. The van der Waals surface area contributed by atoms with Gasteiger partial charge < -0.3 is 26.4 Å². The molecule has 2 saturated heterocycles. The second-order valence-corrected chi connectivity index (χ2v) is 17.3. The summed E-state index contributed by atoms with van der Waals surface area (Å²) in [5, 5.41) is 32.3. The number of aromatic nitrogens is 5. The van der Waals surface area contributed by atoms with E-state index in [9.17, 15) is 38.2 Å². The smallest absolute Gasteiger partial charge is 0.287 e. The minimum absolute atomic E-state index is 0.00239. The molecule has 1 saturated carbocycles. The highest BCUT2D eigenvalue weighted by molar-refractivity contribution is 8.24. The quantitative estimate of drug-likeness (QED) is 0.139. The van der Waals surface area contributed by atoms with Crippen LogP contribution in [-0.4, -0.2) is 109 Å². The maximum absolute atomic E-state index is 14.8. The predicted molar refractivity (Wildman–Crippen MR) is 190 cm³/mol. The summed E-state index contributed by atoms with van der Waals surface area (Å²) in [4.78, 5) is 69.8. The van der Waals surface area contributed by atoms with Crippen molar-refractivity contribution in [2.45, 2.75) is 101 Å². The molecule has 17 nitrogen and oxygen atoms in total. The van der Waals surface area contributed by atoms with Gasteiger partial charge in [0.25, 0.3) is 11.8 Å². The Morgan fingerprint density at radius 3 is 2.48 bits per heavy atom. The molecule has 1 unspecified atom stereocenters. The number of nitrogens with two attached hydrogens (primary N) is 1. The van der Waals surface area contributed by atoms with Crippen LogP contribution in [0.5, 0.6) is 0 Å². The zero-order valence-corrected chi connectivity index (χ0v) is 30.1. The zero-order valence-electron chi connectivity index (χ0n) is 29.3. The Kier molecular flexibility index (Phi) is 10.5. The number of carbonyl (C=O) groups is 5. The molecule has 2 aromatic heterocycles. The SMILES string of the molecule is CC(C)(O)c1cnnn1[C@H]1C[C@@H](C(=O)NC2(C(=O)C(N)=O)CCS(O)(O)CC2)N(C(=O)C(CC2CCCCC2)NC(=O)c2cccc3cn[nH]c23)C1. The van der Waals surface area contributed by atoms with Crippen LogP contribution in [0.4, 0.5) is 0 Å². The highest BCUT2D eigenvalue weighted by Gasteiger charge is 2.51. The summed E-state index contributed by atoms with van der Waals surface area (Å²) < 4.78 is 22.0. The molecule has 0 radical (unpaired) electrons. The van der Waals surface area contributed by atoms with Gasteiger partial charge in [-0.25, -0.2) is 4.68 Å².